The van der Waals surface area contributed by atoms with E-state index in [1.54, 1.807) is 0 Å². The van der Waals surface area contributed by atoms with Gasteiger partial charge < -0.3 is 38.3 Å². The van der Waals surface area contributed by atoms with Crippen LogP contribution in [0.25, 0.3) is 0 Å². The van der Waals surface area contributed by atoms with Crippen LogP contribution in [-0.2, 0) is 52.3 Å². The molecule has 4 saturated heterocycles. The molecule has 180 valence electrons. The molecule has 4 heterocycles. The summed E-state index contributed by atoms with van der Waals surface area (Å²) in [6, 6.07) is 0. The molecule has 12 heteroatoms. The van der Waals surface area contributed by atoms with Crippen molar-refractivity contribution in [2.45, 2.75) is 49.7 Å². The van der Waals surface area contributed by atoms with Gasteiger partial charge in [0, 0.05) is 30.2 Å². The van der Waals surface area contributed by atoms with Gasteiger partial charge in [-0.3, -0.25) is 0 Å². The Morgan fingerprint density at radius 1 is 0.636 bits per heavy atom. The Morgan fingerprint density at radius 2 is 1.00 bits per heavy atom. The molecule has 4 aliphatic heterocycles. The number of fused-ring (bicyclic) bond motifs is 2. The normalized spacial score (nSPS) is 37.2. The predicted octanol–water partition coefficient (Wildman–Crippen LogP) is -0.850. The quantitative estimate of drug-likeness (QED) is 0.281. The second kappa shape index (κ2) is 10.00. The van der Waals surface area contributed by atoms with Crippen molar-refractivity contribution in [3.05, 3.63) is 24.3 Å². The minimum absolute atomic E-state index is 0.00447. The van der Waals surface area contributed by atoms with Gasteiger partial charge in [0.2, 0.25) is 0 Å². The maximum Gasteiger partial charge on any atom is 0.331 e. The van der Waals surface area contributed by atoms with Crippen LogP contribution in [0.4, 0.5) is 0 Å². The van der Waals surface area contributed by atoms with Gasteiger partial charge in [0.05, 0.1) is 32.5 Å². The van der Waals surface area contributed by atoms with Gasteiger partial charge in [-0.2, -0.15) is 0 Å². The summed E-state index contributed by atoms with van der Waals surface area (Å²) in [6.45, 7) is 2.79. The minimum Gasteiger partial charge on any atom is -0.478 e. The van der Waals surface area contributed by atoms with Crippen LogP contribution in [0.15, 0.2) is 24.3 Å². The van der Waals surface area contributed by atoms with E-state index in [-0.39, 0.29) is 37.9 Å². The number of aliphatic carboxylic acids is 1. The zero-order valence-corrected chi connectivity index (χ0v) is 17.7. The van der Waals surface area contributed by atoms with Gasteiger partial charge in [-0.15, -0.1) is 0 Å². The topological polar surface area (TPSA) is 153 Å². The third-order valence-corrected chi connectivity index (χ3v) is 5.74. The van der Waals surface area contributed by atoms with Crippen LogP contribution >= 0.6 is 0 Å². The first-order valence-corrected chi connectivity index (χ1v) is 10.5. The second-order valence-electron chi connectivity index (χ2n) is 8.10. The van der Waals surface area contributed by atoms with E-state index in [2.05, 4.69) is 0 Å². The molecule has 0 aromatic rings. The number of carbonyl (C=O) groups is 4. The maximum absolute atomic E-state index is 12.1. The Morgan fingerprint density at radius 3 is 1.45 bits per heavy atom. The molecule has 0 amide bonds. The Balaban J connectivity index is 1.22. The molecule has 0 unspecified atom stereocenters. The summed E-state index contributed by atoms with van der Waals surface area (Å²) < 4.78 is 38.0. The highest BCUT2D eigenvalue weighted by Crippen LogP contribution is 2.32. The summed E-state index contributed by atoms with van der Waals surface area (Å²) in [5, 5.41) is 8.55. The van der Waals surface area contributed by atoms with Crippen molar-refractivity contribution < 1.29 is 57.4 Å². The zero-order valence-electron chi connectivity index (χ0n) is 17.7. The fourth-order valence-electron chi connectivity index (χ4n) is 4.23. The molecule has 0 aromatic heterocycles. The maximum atomic E-state index is 12.1. The van der Waals surface area contributed by atoms with Gasteiger partial charge in [0.25, 0.3) is 0 Å². The number of carboxylic acid groups (broad SMARTS) is 1. The third kappa shape index (κ3) is 5.41. The van der Waals surface area contributed by atoms with Gasteiger partial charge in [-0.1, -0.05) is 6.92 Å². The Bertz CT molecular complexity index is 850. The number of ether oxygens (including phenoxy) is 7. The first kappa shape index (κ1) is 23.4. The SMILES string of the molecule is C[C@H]1CO[C@H]2[C@@H]1OC[C@H]2OC(=O)C=CC(=O)O[C@H]1CO[C@H]2[C@@H]1OC[C@H]2OC(=O)C=CC(=O)O. The average Bonchev–Trinajstić information content (AvgIpc) is 3.52. The van der Waals surface area contributed by atoms with Crippen molar-refractivity contribution in [2.75, 3.05) is 26.4 Å². The molecule has 0 spiro atoms. The van der Waals surface area contributed by atoms with Gasteiger partial charge >= 0.3 is 23.9 Å². The van der Waals surface area contributed by atoms with Crippen molar-refractivity contribution in [1.82, 2.24) is 0 Å². The lowest BCUT2D eigenvalue weighted by Crippen LogP contribution is -2.35. The molecule has 0 saturated carbocycles. The fourth-order valence-corrected chi connectivity index (χ4v) is 4.23. The molecule has 8 atom stereocenters. The van der Waals surface area contributed by atoms with E-state index in [1.807, 2.05) is 6.92 Å². The van der Waals surface area contributed by atoms with Crippen LogP contribution in [0.3, 0.4) is 0 Å². The van der Waals surface area contributed by atoms with Crippen molar-refractivity contribution in [1.29, 1.82) is 0 Å². The zero-order chi connectivity index (χ0) is 23.5. The molecule has 1 N–H and O–H groups in total. The number of rotatable bonds is 7. The molecule has 0 aromatic carbocycles. The number of hydrogen-bond acceptors (Lipinski definition) is 11. The van der Waals surface area contributed by atoms with Gasteiger partial charge in [0.15, 0.2) is 18.3 Å². The summed E-state index contributed by atoms with van der Waals surface area (Å²) in [6.07, 6.45) is -0.447. The largest absolute Gasteiger partial charge is 0.478 e. The first-order chi connectivity index (χ1) is 15.8. The van der Waals surface area contributed by atoms with Crippen molar-refractivity contribution in [3.63, 3.8) is 0 Å². The van der Waals surface area contributed by atoms with Crippen LogP contribution in [0.5, 0.6) is 0 Å². The minimum atomic E-state index is -1.28. The smallest absolute Gasteiger partial charge is 0.331 e. The predicted molar refractivity (Wildman–Crippen MR) is 104 cm³/mol. The molecule has 4 fully saturated rings. The Kier molecular flexibility index (Phi) is 7.08. The lowest BCUT2D eigenvalue weighted by molar-refractivity contribution is -0.151. The average molecular weight is 468 g/mol. The third-order valence-electron chi connectivity index (χ3n) is 5.74. The number of hydrogen-bond donors (Lipinski definition) is 1. The molecule has 0 aliphatic carbocycles. The van der Waals surface area contributed by atoms with Crippen molar-refractivity contribution in [2.24, 2.45) is 5.92 Å². The number of carbonyl (C=O) groups excluding carboxylic acids is 3. The van der Waals surface area contributed by atoms with E-state index in [0.717, 1.165) is 18.2 Å². The molecule has 12 nitrogen and oxygen atoms in total. The van der Waals surface area contributed by atoms with Crippen LogP contribution in [-0.4, -0.2) is 98.1 Å². The fraction of sp³-hybridized carbons (Fsp3) is 0.619. The first-order valence-electron chi connectivity index (χ1n) is 10.5. The molecular weight excluding hydrogens is 444 g/mol. The van der Waals surface area contributed by atoms with E-state index >= 15 is 0 Å². The molecular formula is C21H24O12. The number of carboxylic acids is 1. The standard InChI is InChI=1S/C21H24O12/c1-10-6-27-19-11(7-28-18(10)19)31-16(25)4-5-17(26)33-13-9-30-20-12(8-29-21(13)20)32-15(24)3-2-14(22)23/h2-5,10-13,18-21H,6-9H2,1H3,(H,22,23)/t10-,11+,12+,13-,18+,19+,20+,21+/m0/s1. The Labute approximate surface area is 188 Å². The second-order valence-corrected chi connectivity index (χ2v) is 8.10. The van der Waals surface area contributed by atoms with Crippen LogP contribution < -0.4 is 0 Å². The van der Waals surface area contributed by atoms with E-state index < -0.39 is 54.4 Å². The van der Waals surface area contributed by atoms with Crippen molar-refractivity contribution in [3.8, 4) is 0 Å². The van der Waals surface area contributed by atoms with E-state index in [9.17, 15) is 19.2 Å². The van der Waals surface area contributed by atoms with Gasteiger partial charge in [-0.05, 0) is 0 Å². The van der Waals surface area contributed by atoms with Gasteiger partial charge in [0.1, 0.15) is 18.3 Å². The van der Waals surface area contributed by atoms with Crippen LogP contribution in [0, 0.1) is 5.92 Å². The van der Waals surface area contributed by atoms with Crippen molar-refractivity contribution >= 4 is 23.9 Å². The van der Waals surface area contributed by atoms with E-state index in [1.165, 1.54) is 0 Å². The van der Waals surface area contributed by atoms with Crippen LogP contribution in [0.1, 0.15) is 6.92 Å². The molecule has 33 heavy (non-hydrogen) atoms. The monoisotopic (exact) mass is 468 g/mol. The summed E-state index contributed by atoms with van der Waals surface area (Å²) in [5.41, 5.74) is 0. The Hall–Kier alpha value is -2.80. The summed E-state index contributed by atoms with van der Waals surface area (Å²) in [7, 11) is 0. The van der Waals surface area contributed by atoms with Gasteiger partial charge in [-0.25, -0.2) is 19.2 Å². The lowest BCUT2D eigenvalue weighted by atomic mass is 10.0. The lowest BCUT2D eigenvalue weighted by Gasteiger charge is -2.16. The highest BCUT2D eigenvalue weighted by Gasteiger charge is 2.51. The van der Waals surface area contributed by atoms with Crippen LogP contribution in [0.2, 0.25) is 0 Å². The summed E-state index contributed by atoms with van der Waals surface area (Å²) in [5.74, 6) is -3.42. The molecule has 0 bridgehead atoms. The highest BCUT2D eigenvalue weighted by atomic mass is 16.7. The molecule has 4 aliphatic rings. The van der Waals surface area contributed by atoms with E-state index in [0.29, 0.717) is 12.7 Å². The summed E-state index contributed by atoms with van der Waals surface area (Å²) in [4.78, 5) is 46.3. The number of esters is 3. The van der Waals surface area contributed by atoms with E-state index in [4.69, 9.17) is 38.3 Å². The molecule has 4 rings (SSSR count). The highest BCUT2D eigenvalue weighted by molar-refractivity contribution is 5.92. The molecule has 0 radical (unpaired) electrons. The summed E-state index contributed by atoms with van der Waals surface area (Å²) >= 11 is 0.